The number of aryl methyl sites for hydroxylation is 1. The standard InChI is InChI=1S/C18H26O6/c1-5-7-10-15(6-2)12-21-18(20)23-24-22-17(19)16-11-8-9-13(3)14(16)4/h8-9,11,15H,5-7,10,12H2,1-4H3. The zero-order chi connectivity index (χ0) is 17.9. The van der Waals surface area contributed by atoms with Gasteiger partial charge in [0.25, 0.3) is 0 Å². The second-order valence-electron chi connectivity index (χ2n) is 5.75. The van der Waals surface area contributed by atoms with E-state index in [1.54, 1.807) is 19.1 Å². The summed E-state index contributed by atoms with van der Waals surface area (Å²) in [6, 6.07) is 5.21. The van der Waals surface area contributed by atoms with Crippen LogP contribution in [0.2, 0.25) is 0 Å². The summed E-state index contributed by atoms with van der Waals surface area (Å²) in [7, 11) is 0. The molecule has 0 fully saturated rings. The van der Waals surface area contributed by atoms with Gasteiger partial charge in [-0.3, -0.25) is 4.89 Å². The van der Waals surface area contributed by atoms with Crippen LogP contribution in [0.15, 0.2) is 18.2 Å². The van der Waals surface area contributed by atoms with Crippen LogP contribution in [0.4, 0.5) is 4.79 Å². The van der Waals surface area contributed by atoms with Crippen LogP contribution in [-0.2, 0) is 19.6 Å². The van der Waals surface area contributed by atoms with Crippen LogP contribution in [0.5, 0.6) is 0 Å². The average molecular weight is 338 g/mol. The third-order valence-electron chi connectivity index (χ3n) is 4.02. The fourth-order valence-corrected chi connectivity index (χ4v) is 2.20. The van der Waals surface area contributed by atoms with Crippen molar-refractivity contribution in [3.63, 3.8) is 0 Å². The third-order valence-corrected chi connectivity index (χ3v) is 4.02. The molecular weight excluding hydrogens is 312 g/mol. The molecule has 0 spiro atoms. The van der Waals surface area contributed by atoms with E-state index in [4.69, 9.17) is 4.74 Å². The number of carbonyl (C=O) groups is 2. The summed E-state index contributed by atoms with van der Waals surface area (Å²) in [5, 5.41) is 4.23. The summed E-state index contributed by atoms with van der Waals surface area (Å²) in [5.41, 5.74) is 2.07. The van der Waals surface area contributed by atoms with Crippen molar-refractivity contribution in [2.75, 3.05) is 6.61 Å². The monoisotopic (exact) mass is 338 g/mol. The highest BCUT2D eigenvalue weighted by Crippen LogP contribution is 2.15. The molecule has 0 aliphatic rings. The molecule has 1 aromatic rings. The fourth-order valence-electron chi connectivity index (χ4n) is 2.20. The molecule has 0 saturated carbocycles. The Morgan fingerprint density at radius 3 is 2.54 bits per heavy atom. The number of unbranched alkanes of at least 4 members (excludes halogenated alkanes) is 1. The van der Waals surface area contributed by atoms with Gasteiger partial charge in [-0.05, 0) is 43.4 Å². The third kappa shape index (κ3) is 6.58. The van der Waals surface area contributed by atoms with Crippen LogP contribution in [0.25, 0.3) is 0 Å². The molecule has 0 aliphatic carbocycles. The van der Waals surface area contributed by atoms with Crippen LogP contribution in [0.3, 0.4) is 0 Å². The van der Waals surface area contributed by atoms with Gasteiger partial charge in [-0.15, -0.1) is 0 Å². The molecule has 0 amide bonds. The minimum Gasteiger partial charge on any atom is -0.432 e. The summed E-state index contributed by atoms with van der Waals surface area (Å²) in [4.78, 5) is 32.0. The quantitative estimate of drug-likeness (QED) is 0.370. The highest BCUT2D eigenvalue weighted by molar-refractivity contribution is 5.90. The largest absolute Gasteiger partial charge is 0.543 e. The maximum Gasteiger partial charge on any atom is 0.543 e. The van der Waals surface area contributed by atoms with Gasteiger partial charge in [-0.1, -0.05) is 45.2 Å². The Morgan fingerprint density at radius 1 is 1.12 bits per heavy atom. The Balaban J connectivity index is 2.32. The second kappa shape index (κ2) is 10.6. The van der Waals surface area contributed by atoms with Crippen molar-refractivity contribution in [1.29, 1.82) is 0 Å². The van der Waals surface area contributed by atoms with E-state index in [9.17, 15) is 9.59 Å². The molecule has 1 atom stereocenters. The maximum absolute atomic E-state index is 11.9. The van der Waals surface area contributed by atoms with Crippen molar-refractivity contribution in [2.24, 2.45) is 5.92 Å². The van der Waals surface area contributed by atoms with E-state index >= 15 is 0 Å². The molecule has 1 unspecified atom stereocenters. The number of hydrogen-bond donors (Lipinski definition) is 0. The summed E-state index contributed by atoms with van der Waals surface area (Å²) in [5.74, 6) is -0.451. The molecule has 0 heterocycles. The maximum atomic E-state index is 11.9. The van der Waals surface area contributed by atoms with Crippen LogP contribution >= 0.6 is 0 Å². The lowest BCUT2D eigenvalue weighted by molar-refractivity contribution is -0.452. The van der Waals surface area contributed by atoms with E-state index in [2.05, 4.69) is 21.7 Å². The van der Waals surface area contributed by atoms with Crippen LogP contribution in [0, 0.1) is 19.8 Å². The second-order valence-corrected chi connectivity index (χ2v) is 5.75. The van der Waals surface area contributed by atoms with Crippen molar-refractivity contribution >= 4 is 12.1 Å². The van der Waals surface area contributed by atoms with Crippen LogP contribution in [0.1, 0.15) is 61.0 Å². The van der Waals surface area contributed by atoms with E-state index in [-0.39, 0.29) is 12.5 Å². The normalized spacial score (nSPS) is 11.7. The average Bonchev–Trinajstić information content (AvgIpc) is 2.57. The van der Waals surface area contributed by atoms with Gasteiger partial charge in [0.1, 0.15) is 0 Å². The lowest BCUT2D eigenvalue weighted by atomic mass is 10.0. The minimum atomic E-state index is -1.03. The first-order valence-corrected chi connectivity index (χ1v) is 8.28. The van der Waals surface area contributed by atoms with E-state index in [1.165, 1.54) is 0 Å². The van der Waals surface area contributed by atoms with E-state index in [0.29, 0.717) is 5.56 Å². The molecule has 0 radical (unpaired) electrons. The van der Waals surface area contributed by atoms with Gasteiger partial charge in [-0.25, -0.2) is 14.5 Å². The zero-order valence-electron chi connectivity index (χ0n) is 14.8. The number of carbonyl (C=O) groups excluding carboxylic acids is 2. The Labute approximate surface area is 142 Å². The molecule has 0 N–H and O–H groups in total. The van der Waals surface area contributed by atoms with Crippen LogP contribution < -0.4 is 0 Å². The first-order valence-electron chi connectivity index (χ1n) is 8.28. The predicted molar refractivity (Wildman–Crippen MR) is 88.2 cm³/mol. The van der Waals surface area contributed by atoms with Crippen molar-refractivity contribution in [2.45, 2.75) is 53.4 Å². The summed E-state index contributed by atoms with van der Waals surface area (Å²) < 4.78 is 4.95. The summed E-state index contributed by atoms with van der Waals surface area (Å²) in [6.45, 7) is 8.08. The lowest BCUT2D eigenvalue weighted by Gasteiger charge is -2.13. The molecular formula is C18H26O6. The molecule has 0 saturated heterocycles. The zero-order valence-corrected chi connectivity index (χ0v) is 14.8. The Hall–Kier alpha value is -2.08. The molecule has 0 bridgehead atoms. The summed E-state index contributed by atoms with van der Waals surface area (Å²) >= 11 is 0. The first kappa shape index (κ1) is 20.0. The van der Waals surface area contributed by atoms with Gasteiger partial charge < -0.3 is 4.74 Å². The number of ether oxygens (including phenoxy) is 1. The summed E-state index contributed by atoms with van der Waals surface area (Å²) in [6.07, 6.45) is 3.05. The van der Waals surface area contributed by atoms with Crippen LogP contribution in [-0.4, -0.2) is 18.7 Å². The molecule has 1 rings (SSSR count). The Bertz CT molecular complexity index is 540. The number of hydrogen-bond acceptors (Lipinski definition) is 6. The van der Waals surface area contributed by atoms with Gasteiger partial charge in [-0.2, -0.15) is 0 Å². The van der Waals surface area contributed by atoms with Gasteiger partial charge in [0.15, 0.2) is 0 Å². The van der Waals surface area contributed by atoms with Gasteiger partial charge in [0, 0.05) is 0 Å². The molecule has 24 heavy (non-hydrogen) atoms. The molecule has 134 valence electrons. The lowest BCUT2D eigenvalue weighted by Crippen LogP contribution is -2.16. The number of benzene rings is 1. The van der Waals surface area contributed by atoms with E-state index < -0.39 is 12.1 Å². The van der Waals surface area contributed by atoms with Crippen molar-refractivity contribution in [3.8, 4) is 0 Å². The Morgan fingerprint density at radius 2 is 1.88 bits per heavy atom. The van der Waals surface area contributed by atoms with E-state index in [0.717, 1.165) is 36.8 Å². The molecule has 6 heteroatoms. The number of rotatable bonds is 9. The van der Waals surface area contributed by atoms with Gasteiger partial charge >= 0.3 is 12.1 Å². The highest BCUT2D eigenvalue weighted by atomic mass is 17.5. The fraction of sp³-hybridized carbons (Fsp3) is 0.556. The van der Waals surface area contributed by atoms with E-state index in [1.807, 2.05) is 19.9 Å². The highest BCUT2D eigenvalue weighted by Gasteiger charge is 2.16. The first-order chi connectivity index (χ1) is 11.5. The predicted octanol–water partition coefficient (Wildman–Crippen LogP) is 4.68. The van der Waals surface area contributed by atoms with Gasteiger partial charge in [0.2, 0.25) is 0 Å². The molecule has 1 aromatic carbocycles. The topological polar surface area (TPSA) is 71.1 Å². The molecule has 6 nitrogen and oxygen atoms in total. The van der Waals surface area contributed by atoms with Crippen molar-refractivity contribution in [1.82, 2.24) is 0 Å². The smallest absolute Gasteiger partial charge is 0.432 e. The Kier molecular flexibility index (Phi) is 8.86. The van der Waals surface area contributed by atoms with Crippen molar-refractivity contribution in [3.05, 3.63) is 34.9 Å². The SMILES string of the molecule is CCCCC(CC)COC(=O)OOOC(=O)c1cccc(C)c1C. The van der Waals surface area contributed by atoms with Gasteiger partial charge in [0.05, 0.1) is 17.2 Å². The molecule has 0 aliphatic heterocycles. The molecule has 0 aromatic heterocycles. The van der Waals surface area contributed by atoms with Crippen molar-refractivity contribution < 1.29 is 29.1 Å². The minimum absolute atomic E-state index is 0.254.